The van der Waals surface area contributed by atoms with Gasteiger partial charge in [0, 0.05) is 30.5 Å². The lowest BCUT2D eigenvalue weighted by atomic mass is 10.1. The Kier molecular flexibility index (Phi) is 3.79. The van der Waals surface area contributed by atoms with Gasteiger partial charge in [-0.2, -0.15) is 0 Å². The number of aromatic nitrogens is 2. The molecular formula is C16H12ClN3O. The van der Waals surface area contributed by atoms with Gasteiger partial charge in [0.1, 0.15) is 0 Å². The Balaban J connectivity index is 1.81. The van der Waals surface area contributed by atoms with Crippen LogP contribution in [0.25, 0.3) is 10.9 Å². The van der Waals surface area contributed by atoms with Gasteiger partial charge in [0.05, 0.1) is 16.1 Å². The fourth-order valence-electron chi connectivity index (χ4n) is 2.14. The highest BCUT2D eigenvalue weighted by molar-refractivity contribution is 6.33. The average Bonchev–Trinajstić information content (AvgIpc) is 2.53. The standard InChI is InChI=1S/C16H12ClN3O/c17-14-10-18-8-6-13(14)16(21)20-9-12-4-1-3-11-5-2-7-19-15(11)12/h1-8,10H,9H2,(H,20,21). The summed E-state index contributed by atoms with van der Waals surface area (Å²) in [4.78, 5) is 20.4. The van der Waals surface area contributed by atoms with Crippen molar-refractivity contribution in [1.82, 2.24) is 15.3 Å². The van der Waals surface area contributed by atoms with E-state index < -0.39 is 0 Å². The van der Waals surface area contributed by atoms with E-state index in [1.165, 1.54) is 6.20 Å². The molecule has 3 aromatic rings. The predicted molar refractivity (Wildman–Crippen MR) is 82.2 cm³/mol. The van der Waals surface area contributed by atoms with Gasteiger partial charge in [-0.25, -0.2) is 0 Å². The second-order valence-electron chi connectivity index (χ2n) is 4.53. The van der Waals surface area contributed by atoms with Crippen LogP contribution in [0.5, 0.6) is 0 Å². The number of amides is 1. The van der Waals surface area contributed by atoms with E-state index in [-0.39, 0.29) is 5.91 Å². The highest BCUT2D eigenvalue weighted by Gasteiger charge is 2.10. The molecule has 0 aliphatic rings. The van der Waals surface area contributed by atoms with E-state index in [0.29, 0.717) is 17.1 Å². The summed E-state index contributed by atoms with van der Waals surface area (Å²) in [6.07, 6.45) is 4.74. The first-order valence-corrected chi connectivity index (χ1v) is 6.84. The van der Waals surface area contributed by atoms with Gasteiger partial charge in [0.2, 0.25) is 0 Å². The number of fused-ring (bicyclic) bond motifs is 1. The molecular weight excluding hydrogens is 286 g/mol. The molecule has 21 heavy (non-hydrogen) atoms. The smallest absolute Gasteiger partial charge is 0.253 e. The summed E-state index contributed by atoms with van der Waals surface area (Å²) in [5.41, 5.74) is 2.27. The molecule has 0 saturated carbocycles. The molecule has 104 valence electrons. The Morgan fingerprint density at radius 1 is 1.14 bits per heavy atom. The van der Waals surface area contributed by atoms with Crippen LogP contribution in [0.15, 0.2) is 55.0 Å². The quantitative estimate of drug-likeness (QED) is 0.807. The van der Waals surface area contributed by atoms with Crippen LogP contribution in [-0.2, 0) is 6.54 Å². The number of nitrogens with one attached hydrogen (secondary N) is 1. The van der Waals surface area contributed by atoms with Crippen molar-refractivity contribution in [2.75, 3.05) is 0 Å². The molecule has 0 saturated heterocycles. The summed E-state index contributed by atoms with van der Waals surface area (Å²) in [5.74, 6) is -0.227. The van der Waals surface area contributed by atoms with Crippen molar-refractivity contribution < 1.29 is 4.79 Å². The van der Waals surface area contributed by atoms with E-state index in [2.05, 4.69) is 15.3 Å². The normalized spacial score (nSPS) is 10.5. The maximum Gasteiger partial charge on any atom is 0.253 e. The predicted octanol–water partition coefficient (Wildman–Crippen LogP) is 3.21. The summed E-state index contributed by atoms with van der Waals surface area (Å²) in [7, 11) is 0. The lowest BCUT2D eigenvalue weighted by Gasteiger charge is -2.08. The maximum atomic E-state index is 12.1. The Hall–Kier alpha value is -2.46. The third-order valence-corrected chi connectivity index (χ3v) is 3.47. The molecule has 0 atom stereocenters. The molecule has 0 aliphatic carbocycles. The van der Waals surface area contributed by atoms with E-state index in [1.807, 2.05) is 30.3 Å². The molecule has 0 spiro atoms. The van der Waals surface area contributed by atoms with Gasteiger partial charge in [-0.3, -0.25) is 14.8 Å². The van der Waals surface area contributed by atoms with Crippen LogP contribution in [0.1, 0.15) is 15.9 Å². The van der Waals surface area contributed by atoms with Gasteiger partial charge in [-0.1, -0.05) is 35.9 Å². The first-order chi connectivity index (χ1) is 10.3. The van der Waals surface area contributed by atoms with Crippen molar-refractivity contribution in [2.24, 2.45) is 0 Å². The Bertz CT molecular complexity index is 799. The topological polar surface area (TPSA) is 54.9 Å². The van der Waals surface area contributed by atoms with Crippen molar-refractivity contribution in [2.45, 2.75) is 6.54 Å². The highest BCUT2D eigenvalue weighted by atomic mass is 35.5. The van der Waals surface area contributed by atoms with Crippen molar-refractivity contribution in [3.8, 4) is 0 Å². The van der Waals surface area contributed by atoms with E-state index in [0.717, 1.165) is 16.5 Å². The molecule has 0 bridgehead atoms. The van der Waals surface area contributed by atoms with Crippen LogP contribution in [0, 0.1) is 0 Å². The zero-order chi connectivity index (χ0) is 14.7. The molecule has 0 fully saturated rings. The number of hydrogen-bond donors (Lipinski definition) is 1. The number of carbonyl (C=O) groups is 1. The summed E-state index contributed by atoms with van der Waals surface area (Å²) in [6, 6.07) is 11.4. The molecule has 2 aromatic heterocycles. The molecule has 2 heterocycles. The fourth-order valence-corrected chi connectivity index (χ4v) is 2.35. The van der Waals surface area contributed by atoms with Gasteiger partial charge in [-0.05, 0) is 17.7 Å². The lowest BCUT2D eigenvalue weighted by molar-refractivity contribution is 0.0951. The minimum atomic E-state index is -0.227. The molecule has 5 heteroatoms. The van der Waals surface area contributed by atoms with Crippen molar-refractivity contribution >= 4 is 28.4 Å². The minimum absolute atomic E-state index is 0.227. The third-order valence-electron chi connectivity index (χ3n) is 3.17. The number of nitrogens with zero attached hydrogens (tertiary/aromatic N) is 2. The molecule has 1 N–H and O–H groups in total. The largest absolute Gasteiger partial charge is 0.348 e. The minimum Gasteiger partial charge on any atom is -0.348 e. The number of pyridine rings is 2. The second kappa shape index (κ2) is 5.89. The SMILES string of the molecule is O=C(NCc1cccc2cccnc12)c1ccncc1Cl. The molecule has 3 rings (SSSR count). The van der Waals surface area contributed by atoms with E-state index in [1.54, 1.807) is 18.5 Å². The Morgan fingerprint density at radius 2 is 2.00 bits per heavy atom. The van der Waals surface area contributed by atoms with Gasteiger partial charge in [0.25, 0.3) is 5.91 Å². The lowest BCUT2D eigenvalue weighted by Crippen LogP contribution is -2.23. The van der Waals surface area contributed by atoms with E-state index >= 15 is 0 Å². The molecule has 1 aromatic carbocycles. The van der Waals surface area contributed by atoms with Crippen molar-refractivity contribution in [3.63, 3.8) is 0 Å². The fraction of sp³-hybridized carbons (Fsp3) is 0.0625. The number of hydrogen-bond acceptors (Lipinski definition) is 3. The molecule has 0 aliphatic heterocycles. The second-order valence-corrected chi connectivity index (χ2v) is 4.94. The van der Waals surface area contributed by atoms with Crippen molar-refractivity contribution in [1.29, 1.82) is 0 Å². The summed E-state index contributed by atoms with van der Waals surface area (Å²) >= 11 is 5.96. The summed E-state index contributed by atoms with van der Waals surface area (Å²) in [6.45, 7) is 0.395. The number of carbonyl (C=O) groups excluding carboxylic acids is 1. The van der Waals surface area contributed by atoms with E-state index in [4.69, 9.17) is 11.6 Å². The number of halogens is 1. The summed E-state index contributed by atoms with van der Waals surface area (Å²) in [5, 5.41) is 4.24. The van der Waals surface area contributed by atoms with Crippen molar-refractivity contribution in [3.05, 3.63) is 71.1 Å². The number of para-hydroxylation sites is 1. The van der Waals surface area contributed by atoms with Gasteiger partial charge >= 0.3 is 0 Å². The maximum absolute atomic E-state index is 12.1. The van der Waals surface area contributed by atoms with Gasteiger partial charge in [0.15, 0.2) is 0 Å². The van der Waals surface area contributed by atoms with Gasteiger partial charge in [-0.15, -0.1) is 0 Å². The van der Waals surface area contributed by atoms with E-state index in [9.17, 15) is 4.79 Å². The van der Waals surface area contributed by atoms with Crippen LogP contribution in [0.4, 0.5) is 0 Å². The zero-order valence-corrected chi connectivity index (χ0v) is 11.8. The van der Waals surface area contributed by atoms with Crippen LogP contribution >= 0.6 is 11.6 Å². The molecule has 1 amide bonds. The number of benzene rings is 1. The first-order valence-electron chi connectivity index (χ1n) is 6.46. The zero-order valence-electron chi connectivity index (χ0n) is 11.1. The van der Waals surface area contributed by atoms with Crippen LogP contribution in [0.2, 0.25) is 5.02 Å². The Morgan fingerprint density at radius 3 is 2.86 bits per heavy atom. The monoisotopic (exact) mass is 297 g/mol. The van der Waals surface area contributed by atoms with Crippen LogP contribution < -0.4 is 5.32 Å². The highest BCUT2D eigenvalue weighted by Crippen LogP contribution is 2.17. The number of rotatable bonds is 3. The molecule has 0 unspecified atom stereocenters. The van der Waals surface area contributed by atoms with Gasteiger partial charge < -0.3 is 5.32 Å². The first kappa shape index (κ1) is 13.5. The molecule has 4 nitrogen and oxygen atoms in total. The van der Waals surface area contributed by atoms with Crippen LogP contribution in [0.3, 0.4) is 0 Å². The molecule has 0 radical (unpaired) electrons. The van der Waals surface area contributed by atoms with Crippen LogP contribution in [-0.4, -0.2) is 15.9 Å². The third kappa shape index (κ3) is 2.85. The summed E-state index contributed by atoms with van der Waals surface area (Å²) < 4.78 is 0. The Labute approximate surface area is 126 Å². The average molecular weight is 298 g/mol.